The molecule has 33 heavy (non-hydrogen) atoms. The zero-order valence-corrected chi connectivity index (χ0v) is 18.9. The summed E-state index contributed by atoms with van der Waals surface area (Å²) in [5.74, 6) is -0.524. The number of amides is 1. The molecular formula is C23H22N6O3S. The summed E-state index contributed by atoms with van der Waals surface area (Å²) in [5, 5.41) is 0.779. The van der Waals surface area contributed by atoms with E-state index in [0.717, 1.165) is 21.3 Å². The van der Waals surface area contributed by atoms with Crippen molar-refractivity contribution in [1.82, 2.24) is 19.1 Å². The van der Waals surface area contributed by atoms with Crippen LogP contribution >= 0.6 is 11.8 Å². The third kappa shape index (κ3) is 4.33. The lowest BCUT2D eigenvalue weighted by molar-refractivity contribution is 0.0992. The summed E-state index contributed by atoms with van der Waals surface area (Å²) in [5.41, 5.74) is 6.71. The molecule has 4 rings (SSSR count). The van der Waals surface area contributed by atoms with Crippen LogP contribution in [0, 0.1) is 0 Å². The van der Waals surface area contributed by atoms with E-state index in [-0.39, 0.29) is 18.1 Å². The summed E-state index contributed by atoms with van der Waals surface area (Å²) < 4.78 is 3.10. The summed E-state index contributed by atoms with van der Waals surface area (Å²) >= 11 is 1.48. The van der Waals surface area contributed by atoms with Gasteiger partial charge in [0.25, 0.3) is 11.5 Å². The molecule has 1 amide bonds. The fourth-order valence-corrected chi connectivity index (χ4v) is 4.07. The van der Waals surface area contributed by atoms with Gasteiger partial charge in [-0.05, 0) is 30.0 Å². The molecular weight excluding hydrogens is 440 g/mol. The highest BCUT2D eigenvalue weighted by atomic mass is 32.2. The van der Waals surface area contributed by atoms with Gasteiger partial charge in [0.2, 0.25) is 0 Å². The summed E-state index contributed by atoms with van der Waals surface area (Å²) in [6.07, 6.45) is 5.41. The van der Waals surface area contributed by atoms with E-state index in [1.165, 1.54) is 23.4 Å². The number of thioether (sulfide) groups is 1. The fraction of sp³-hybridized carbons (Fsp3) is 0.130. The van der Waals surface area contributed by atoms with Gasteiger partial charge in [-0.15, -0.1) is 0 Å². The van der Waals surface area contributed by atoms with E-state index in [1.807, 2.05) is 47.2 Å². The number of imidazole rings is 1. The van der Waals surface area contributed by atoms with Gasteiger partial charge < -0.3 is 10.6 Å². The number of carbonyl (C=O) groups excluding carboxylic acids is 1. The maximum absolute atomic E-state index is 13.3. The van der Waals surface area contributed by atoms with E-state index in [1.54, 1.807) is 30.6 Å². The number of nitrogen functional groups attached to an aromatic ring is 1. The van der Waals surface area contributed by atoms with Crippen molar-refractivity contribution in [3.8, 4) is 5.69 Å². The molecule has 168 valence electrons. The first kappa shape index (κ1) is 22.2. The number of nitrogens with two attached hydrogens (primary N) is 1. The third-order valence-corrected chi connectivity index (χ3v) is 5.87. The first-order chi connectivity index (χ1) is 15.9. The van der Waals surface area contributed by atoms with E-state index in [4.69, 9.17) is 5.73 Å². The van der Waals surface area contributed by atoms with Crippen LogP contribution in [0.1, 0.15) is 15.9 Å². The summed E-state index contributed by atoms with van der Waals surface area (Å²) in [4.78, 5) is 46.0. The highest BCUT2D eigenvalue weighted by Crippen LogP contribution is 2.22. The lowest BCUT2D eigenvalue weighted by atomic mass is 10.1. The maximum Gasteiger partial charge on any atom is 0.330 e. The number of aromatic nitrogens is 4. The number of H-pyrrole nitrogens is 1. The van der Waals surface area contributed by atoms with Crippen LogP contribution in [-0.4, -0.2) is 38.3 Å². The molecule has 0 unspecified atom stereocenters. The average Bonchev–Trinajstić information content (AvgIpc) is 3.31. The molecule has 2 heterocycles. The number of anilines is 2. The number of hydrogen-bond acceptors (Lipinski definition) is 6. The van der Waals surface area contributed by atoms with Gasteiger partial charge in [-0.3, -0.25) is 23.7 Å². The monoisotopic (exact) mass is 462 g/mol. The molecule has 0 aliphatic heterocycles. The molecule has 4 aromatic rings. The van der Waals surface area contributed by atoms with Crippen LogP contribution in [-0.2, 0) is 6.54 Å². The van der Waals surface area contributed by atoms with Crippen molar-refractivity contribution in [3.05, 3.63) is 99.0 Å². The third-order valence-electron chi connectivity index (χ3n) is 5.20. The standard InChI is InChI=1S/C23H22N6O3S/c1-27(21(31)16-9-6-10-17(13-16)28-12-11-25-23(28)33-2)18-19(24)29(22(32)26-20(18)30)14-15-7-4-3-5-8-15/h3-13H,14,24H2,1-2H3,(H,26,30,32). The van der Waals surface area contributed by atoms with Crippen molar-refractivity contribution >= 4 is 29.2 Å². The fourth-order valence-electron chi connectivity index (χ4n) is 3.55. The first-order valence-corrected chi connectivity index (χ1v) is 11.3. The number of nitrogens with one attached hydrogen (secondary N) is 1. The van der Waals surface area contributed by atoms with Gasteiger partial charge in [0.15, 0.2) is 10.8 Å². The normalized spacial score (nSPS) is 10.8. The molecule has 0 bridgehead atoms. The highest BCUT2D eigenvalue weighted by Gasteiger charge is 2.22. The van der Waals surface area contributed by atoms with Crippen molar-refractivity contribution in [1.29, 1.82) is 0 Å². The minimum Gasteiger partial charge on any atom is -0.383 e. The van der Waals surface area contributed by atoms with E-state index < -0.39 is 17.2 Å². The Morgan fingerprint density at radius 1 is 1.15 bits per heavy atom. The maximum atomic E-state index is 13.3. The van der Waals surface area contributed by atoms with Crippen LogP contribution in [0.4, 0.5) is 11.5 Å². The highest BCUT2D eigenvalue weighted by molar-refractivity contribution is 7.98. The van der Waals surface area contributed by atoms with Crippen LogP contribution in [0.5, 0.6) is 0 Å². The van der Waals surface area contributed by atoms with E-state index in [0.29, 0.717) is 5.56 Å². The zero-order chi connectivity index (χ0) is 23.5. The topological polar surface area (TPSA) is 119 Å². The van der Waals surface area contributed by atoms with Crippen LogP contribution in [0.25, 0.3) is 5.69 Å². The van der Waals surface area contributed by atoms with Gasteiger partial charge in [0.1, 0.15) is 5.82 Å². The van der Waals surface area contributed by atoms with Crippen molar-refractivity contribution in [2.45, 2.75) is 11.7 Å². The summed E-state index contributed by atoms with van der Waals surface area (Å²) in [6.45, 7) is 0.158. The Morgan fingerprint density at radius 2 is 1.91 bits per heavy atom. The molecule has 0 radical (unpaired) electrons. The largest absolute Gasteiger partial charge is 0.383 e. The molecule has 10 heteroatoms. The van der Waals surface area contributed by atoms with Gasteiger partial charge in [0, 0.05) is 30.7 Å². The molecule has 0 fully saturated rings. The molecule has 3 N–H and O–H groups in total. The minimum atomic E-state index is -0.729. The van der Waals surface area contributed by atoms with Crippen molar-refractivity contribution < 1.29 is 4.79 Å². The molecule has 0 aliphatic carbocycles. The van der Waals surface area contributed by atoms with Crippen molar-refractivity contribution in [2.75, 3.05) is 23.9 Å². The van der Waals surface area contributed by atoms with Gasteiger partial charge >= 0.3 is 5.69 Å². The van der Waals surface area contributed by atoms with E-state index in [9.17, 15) is 14.4 Å². The quantitative estimate of drug-likeness (QED) is 0.425. The van der Waals surface area contributed by atoms with Crippen LogP contribution in [0.2, 0.25) is 0 Å². The van der Waals surface area contributed by atoms with Crippen LogP contribution in [0.3, 0.4) is 0 Å². The predicted molar refractivity (Wildman–Crippen MR) is 129 cm³/mol. The van der Waals surface area contributed by atoms with Crippen molar-refractivity contribution in [2.24, 2.45) is 0 Å². The number of rotatable bonds is 6. The second kappa shape index (κ2) is 9.21. The lowest BCUT2D eigenvalue weighted by Gasteiger charge is -2.21. The average molecular weight is 463 g/mol. The Bertz CT molecular complexity index is 1420. The number of nitrogens with zero attached hydrogens (tertiary/aromatic N) is 4. The molecule has 0 spiro atoms. The second-order valence-corrected chi connectivity index (χ2v) is 8.04. The Kier molecular flexibility index (Phi) is 6.18. The molecule has 9 nitrogen and oxygen atoms in total. The Balaban J connectivity index is 1.71. The summed E-state index contributed by atoms with van der Waals surface area (Å²) in [6, 6.07) is 16.2. The van der Waals surface area contributed by atoms with Gasteiger partial charge in [-0.2, -0.15) is 0 Å². The van der Waals surface area contributed by atoms with Crippen LogP contribution in [0.15, 0.2) is 81.7 Å². The summed E-state index contributed by atoms with van der Waals surface area (Å²) in [7, 11) is 1.46. The molecule has 0 saturated heterocycles. The lowest BCUT2D eigenvalue weighted by Crippen LogP contribution is -2.39. The number of carbonyl (C=O) groups is 1. The Hall–Kier alpha value is -4.05. The number of aromatic amines is 1. The number of hydrogen-bond donors (Lipinski definition) is 2. The first-order valence-electron chi connectivity index (χ1n) is 10.0. The molecule has 0 saturated carbocycles. The van der Waals surface area contributed by atoms with Gasteiger partial charge in [-0.25, -0.2) is 9.78 Å². The Morgan fingerprint density at radius 3 is 2.64 bits per heavy atom. The molecule has 2 aromatic heterocycles. The molecule has 0 atom stereocenters. The van der Waals surface area contributed by atoms with E-state index >= 15 is 0 Å². The van der Waals surface area contributed by atoms with Gasteiger partial charge in [-0.1, -0.05) is 48.2 Å². The molecule has 0 aliphatic rings. The van der Waals surface area contributed by atoms with Gasteiger partial charge in [0.05, 0.1) is 6.54 Å². The number of benzene rings is 2. The van der Waals surface area contributed by atoms with Crippen LogP contribution < -0.4 is 21.9 Å². The molecule has 2 aromatic carbocycles. The van der Waals surface area contributed by atoms with Crippen molar-refractivity contribution in [3.63, 3.8) is 0 Å². The zero-order valence-electron chi connectivity index (χ0n) is 18.1. The Labute approximate surface area is 193 Å². The van der Waals surface area contributed by atoms with E-state index in [2.05, 4.69) is 9.97 Å². The smallest absolute Gasteiger partial charge is 0.330 e. The minimum absolute atomic E-state index is 0.0844. The predicted octanol–water partition coefficient (Wildman–Crippen LogP) is 2.35. The SMILES string of the molecule is CSc1nccn1-c1cccc(C(=O)N(C)c2c(N)n(Cc3ccccc3)c(=O)[nH]c2=O)c1. The second-order valence-electron chi connectivity index (χ2n) is 7.26.